The first-order valence-electron chi connectivity index (χ1n) is 11.3. The molecule has 0 spiro atoms. The minimum absolute atomic E-state index is 0.434. The highest BCUT2D eigenvalue weighted by Crippen LogP contribution is 2.47. The number of rotatable bonds is 8. The van der Waals surface area contributed by atoms with E-state index in [1.165, 1.54) is 44.5 Å². The zero-order chi connectivity index (χ0) is 22.6. The fourth-order valence-electron chi connectivity index (χ4n) is 4.67. The van der Waals surface area contributed by atoms with Crippen LogP contribution in [0.5, 0.6) is 0 Å². The van der Waals surface area contributed by atoms with Crippen molar-refractivity contribution >= 4 is 0 Å². The highest BCUT2D eigenvalue weighted by molar-refractivity contribution is 5.61. The lowest BCUT2D eigenvalue weighted by Crippen LogP contribution is -2.32. The Morgan fingerprint density at radius 1 is 0.833 bits per heavy atom. The van der Waals surface area contributed by atoms with Crippen LogP contribution in [0, 0.1) is 33.6 Å². The van der Waals surface area contributed by atoms with Crippen LogP contribution in [0.3, 0.4) is 0 Å². The summed E-state index contributed by atoms with van der Waals surface area (Å²) in [5, 5.41) is 0. The summed E-state index contributed by atoms with van der Waals surface area (Å²) >= 11 is 0. The van der Waals surface area contributed by atoms with Gasteiger partial charge in [0.2, 0.25) is 0 Å². The molecule has 0 aliphatic rings. The summed E-state index contributed by atoms with van der Waals surface area (Å²) in [4.78, 5) is 0. The van der Waals surface area contributed by atoms with Crippen LogP contribution in [0.15, 0.2) is 72.4 Å². The van der Waals surface area contributed by atoms with Gasteiger partial charge in [0.05, 0.1) is 5.41 Å². The largest absolute Gasteiger partial charge is 0.0983 e. The molecule has 2 aromatic carbocycles. The quantitative estimate of drug-likeness (QED) is 0.307. The third kappa shape index (κ3) is 4.69. The standard InChI is InChI=1S/C30H40/c1-11-24(7)25(8)19-27(10)30(26(9)12-2,28-15-20(3)13-21(4)16-28)29-17-22(5)14-23(6)18-29/h13-19,24H,9-12H2,1-8H3/b25-19-. The van der Waals surface area contributed by atoms with E-state index in [4.69, 9.17) is 0 Å². The smallest absolute Gasteiger partial charge is 0.0653 e. The topological polar surface area (TPSA) is 0 Å². The van der Waals surface area contributed by atoms with Crippen LogP contribution in [0.1, 0.15) is 73.9 Å². The summed E-state index contributed by atoms with van der Waals surface area (Å²) in [5.41, 5.74) is 10.9. The minimum atomic E-state index is -0.434. The molecule has 0 aliphatic heterocycles. The van der Waals surface area contributed by atoms with Gasteiger partial charge in [0.15, 0.2) is 0 Å². The monoisotopic (exact) mass is 400 g/mol. The number of allylic oxidation sites excluding steroid dienone is 4. The van der Waals surface area contributed by atoms with Crippen LogP contribution in [0.25, 0.3) is 0 Å². The van der Waals surface area contributed by atoms with Crippen molar-refractivity contribution in [2.24, 2.45) is 5.92 Å². The number of benzene rings is 2. The second-order valence-corrected chi connectivity index (χ2v) is 9.18. The lowest BCUT2D eigenvalue weighted by molar-refractivity contribution is 0.646. The number of aryl methyl sites for hydroxylation is 4. The maximum atomic E-state index is 4.69. The van der Waals surface area contributed by atoms with Crippen molar-refractivity contribution in [2.45, 2.75) is 73.6 Å². The molecule has 0 fully saturated rings. The van der Waals surface area contributed by atoms with E-state index >= 15 is 0 Å². The zero-order valence-corrected chi connectivity index (χ0v) is 20.4. The molecule has 0 aromatic heterocycles. The SMILES string of the molecule is C=C(/C=C(/C)C(C)CC)C(C(=C)CC)(c1cc(C)cc(C)c1)c1cc(C)cc(C)c1. The molecule has 2 rings (SSSR count). The van der Waals surface area contributed by atoms with Gasteiger partial charge < -0.3 is 0 Å². The fraction of sp³-hybridized carbons (Fsp3) is 0.400. The Labute approximate surface area is 185 Å². The Morgan fingerprint density at radius 3 is 1.57 bits per heavy atom. The van der Waals surface area contributed by atoms with E-state index in [-0.39, 0.29) is 0 Å². The molecule has 0 heteroatoms. The zero-order valence-electron chi connectivity index (χ0n) is 20.4. The van der Waals surface area contributed by atoms with Crippen molar-refractivity contribution in [3.05, 3.63) is 106 Å². The predicted molar refractivity (Wildman–Crippen MR) is 134 cm³/mol. The van der Waals surface area contributed by atoms with Gasteiger partial charge in [-0.15, -0.1) is 0 Å². The van der Waals surface area contributed by atoms with Crippen molar-refractivity contribution < 1.29 is 0 Å². The lowest BCUT2D eigenvalue weighted by Gasteiger charge is -2.39. The van der Waals surface area contributed by atoms with Gasteiger partial charge in [0.1, 0.15) is 0 Å². The highest BCUT2D eigenvalue weighted by Gasteiger charge is 2.39. The summed E-state index contributed by atoms with van der Waals surface area (Å²) < 4.78 is 0. The molecule has 0 nitrogen and oxygen atoms in total. The average molecular weight is 401 g/mol. The molecule has 30 heavy (non-hydrogen) atoms. The van der Waals surface area contributed by atoms with Crippen molar-refractivity contribution in [1.29, 1.82) is 0 Å². The summed E-state index contributed by atoms with van der Waals surface area (Å²) in [6.45, 7) is 27.0. The van der Waals surface area contributed by atoms with E-state index in [9.17, 15) is 0 Å². The molecule has 0 N–H and O–H groups in total. The molecule has 0 radical (unpaired) electrons. The summed E-state index contributed by atoms with van der Waals surface area (Å²) in [6.07, 6.45) is 4.35. The fourth-order valence-corrected chi connectivity index (χ4v) is 4.67. The molecule has 1 unspecified atom stereocenters. The van der Waals surface area contributed by atoms with Crippen molar-refractivity contribution in [2.75, 3.05) is 0 Å². The molecular formula is C30H40. The first-order chi connectivity index (χ1) is 14.1. The van der Waals surface area contributed by atoms with Crippen LogP contribution in [-0.4, -0.2) is 0 Å². The van der Waals surface area contributed by atoms with Gasteiger partial charge in [-0.3, -0.25) is 0 Å². The molecular weight excluding hydrogens is 360 g/mol. The molecule has 1 atom stereocenters. The van der Waals surface area contributed by atoms with E-state index in [0.717, 1.165) is 18.4 Å². The molecule has 0 heterocycles. The third-order valence-electron chi connectivity index (χ3n) is 6.54. The molecule has 0 saturated heterocycles. The van der Waals surface area contributed by atoms with Crippen molar-refractivity contribution in [1.82, 2.24) is 0 Å². The number of hydrogen-bond acceptors (Lipinski definition) is 0. The summed E-state index contributed by atoms with van der Waals surface area (Å²) in [5.74, 6) is 0.535. The van der Waals surface area contributed by atoms with Gasteiger partial charge in [0.25, 0.3) is 0 Å². The van der Waals surface area contributed by atoms with E-state index in [1.807, 2.05) is 0 Å². The van der Waals surface area contributed by atoms with Gasteiger partial charge in [-0.2, -0.15) is 0 Å². The van der Waals surface area contributed by atoms with Gasteiger partial charge >= 0.3 is 0 Å². The second kappa shape index (κ2) is 9.65. The van der Waals surface area contributed by atoms with Gasteiger partial charge in [0, 0.05) is 0 Å². The number of hydrogen-bond donors (Lipinski definition) is 0. The van der Waals surface area contributed by atoms with Crippen molar-refractivity contribution in [3.63, 3.8) is 0 Å². The van der Waals surface area contributed by atoms with Crippen LogP contribution < -0.4 is 0 Å². The molecule has 0 bridgehead atoms. The Morgan fingerprint density at radius 2 is 1.23 bits per heavy atom. The van der Waals surface area contributed by atoms with Crippen molar-refractivity contribution in [3.8, 4) is 0 Å². The minimum Gasteiger partial charge on any atom is -0.0983 e. The maximum absolute atomic E-state index is 4.69. The first kappa shape index (κ1) is 23.9. The first-order valence-corrected chi connectivity index (χ1v) is 11.3. The molecule has 0 amide bonds. The predicted octanol–water partition coefficient (Wildman–Crippen LogP) is 8.72. The Balaban J connectivity index is 2.96. The van der Waals surface area contributed by atoms with E-state index in [2.05, 4.69) is 111 Å². The maximum Gasteiger partial charge on any atom is 0.0653 e. The van der Waals surface area contributed by atoms with E-state index in [1.54, 1.807) is 0 Å². The molecule has 2 aromatic rings. The normalized spacial score (nSPS) is 13.3. The van der Waals surface area contributed by atoms with E-state index < -0.39 is 5.41 Å². The summed E-state index contributed by atoms with van der Waals surface area (Å²) in [6, 6.07) is 13.8. The Hall–Kier alpha value is -2.34. The molecule has 0 aliphatic carbocycles. The lowest BCUT2D eigenvalue weighted by atomic mass is 9.63. The average Bonchev–Trinajstić information content (AvgIpc) is 2.66. The van der Waals surface area contributed by atoms with Crippen LogP contribution in [-0.2, 0) is 5.41 Å². The van der Waals surface area contributed by atoms with Gasteiger partial charge in [-0.05, 0) is 70.1 Å². The van der Waals surface area contributed by atoms with E-state index in [0.29, 0.717) is 5.92 Å². The third-order valence-corrected chi connectivity index (χ3v) is 6.54. The van der Waals surface area contributed by atoms with Gasteiger partial charge in [-0.1, -0.05) is 110 Å². The molecule has 0 saturated carbocycles. The second-order valence-electron chi connectivity index (χ2n) is 9.18. The molecule has 160 valence electrons. The Bertz CT molecular complexity index is 876. The van der Waals surface area contributed by atoms with Crippen LogP contribution in [0.2, 0.25) is 0 Å². The highest BCUT2D eigenvalue weighted by atomic mass is 14.4. The van der Waals surface area contributed by atoms with Crippen LogP contribution in [0.4, 0.5) is 0 Å². The summed E-state index contributed by atoms with van der Waals surface area (Å²) in [7, 11) is 0. The van der Waals surface area contributed by atoms with Crippen LogP contribution >= 0.6 is 0 Å². The van der Waals surface area contributed by atoms with Gasteiger partial charge in [-0.25, -0.2) is 0 Å². The Kier molecular flexibility index (Phi) is 7.70.